The van der Waals surface area contributed by atoms with E-state index in [1.807, 2.05) is 6.92 Å². The minimum Gasteiger partial charge on any atom is -0.463 e. The summed E-state index contributed by atoms with van der Waals surface area (Å²) in [5, 5.41) is 0. The van der Waals surface area contributed by atoms with Gasteiger partial charge in [-0.1, -0.05) is 71.5 Å². The van der Waals surface area contributed by atoms with E-state index in [1.54, 1.807) is 20.8 Å². The van der Waals surface area contributed by atoms with Crippen molar-refractivity contribution in [2.45, 2.75) is 40.4 Å². The van der Waals surface area contributed by atoms with Crippen molar-refractivity contribution in [1.29, 1.82) is 0 Å². The van der Waals surface area contributed by atoms with Crippen LogP contribution in [0.2, 0.25) is 0 Å². The number of rotatable bonds is 17. The predicted octanol–water partition coefficient (Wildman–Crippen LogP) is 8.82. The van der Waals surface area contributed by atoms with Crippen LogP contribution >= 0.6 is 0 Å². The van der Waals surface area contributed by atoms with Gasteiger partial charge < -0.3 is 14.2 Å². The van der Waals surface area contributed by atoms with Crippen LogP contribution in [0.5, 0.6) is 0 Å². The molecule has 0 aromatic rings. The molecular weight excluding hydrogens is 453 g/mol. The molecule has 0 aliphatic carbocycles. The van der Waals surface area contributed by atoms with Gasteiger partial charge in [0.1, 0.15) is 5.83 Å². The van der Waals surface area contributed by atoms with Crippen LogP contribution in [0.4, 0.5) is 13.2 Å². The van der Waals surface area contributed by atoms with Gasteiger partial charge in [-0.25, -0.2) is 8.78 Å². The van der Waals surface area contributed by atoms with E-state index in [0.29, 0.717) is 12.2 Å². The quantitative estimate of drug-likeness (QED) is 0.116. The van der Waals surface area contributed by atoms with Gasteiger partial charge in [-0.2, -0.15) is 4.39 Å². The van der Waals surface area contributed by atoms with Crippen molar-refractivity contribution >= 4 is 0 Å². The summed E-state index contributed by atoms with van der Waals surface area (Å²) >= 11 is 0. The first-order valence-electron chi connectivity index (χ1n) is 11.1. The first kappa shape index (κ1) is 31.9. The van der Waals surface area contributed by atoms with E-state index in [0.717, 1.165) is 6.42 Å². The number of halogens is 3. The lowest BCUT2D eigenvalue weighted by molar-refractivity contribution is -0.135. The van der Waals surface area contributed by atoms with E-state index in [4.69, 9.17) is 14.2 Å². The Morgan fingerprint density at radius 2 is 1.46 bits per heavy atom. The molecule has 0 heterocycles. The smallest absolute Gasteiger partial charge is 0.201 e. The maximum absolute atomic E-state index is 14.7. The molecule has 192 valence electrons. The average molecular weight is 491 g/mol. The second-order valence-corrected chi connectivity index (χ2v) is 7.72. The van der Waals surface area contributed by atoms with Gasteiger partial charge in [0.15, 0.2) is 17.9 Å². The van der Waals surface area contributed by atoms with Crippen molar-refractivity contribution in [2.24, 2.45) is 5.92 Å². The molecule has 2 atom stereocenters. The lowest BCUT2D eigenvalue weighted by Gasteiger charge is -2.18. The lowest BCUT2D eigenvalue weighted by Crippen LogP contribution is -2.18. The van der Waals surface area contributed by atoms with E-state index >= 15 is 0 Å². The molecule has 6 heteroatoms. The number of hydrogen-bond donors (Lipinski definition) is 0. The molecule has 0 rings (SSSR count). The zero-order valence-corrected chi connectivity index (χ0v) is 21.3. The average Bonchev–Trinajstić information content (AvgIpc) is 2.85. The molecule has 0 fully saturated rings. The molecule has 0 saturated heterocycles. The van der Waals surface area contributed by atoms with Crippen LogP contribution in [0, 0.1) is 5.92 Å². The molecule has 0 bridgehead atoms. The number of ether oxygens (including phenoxy) is 3. The van der Waals surface area contributed by atoms with Crippen molar-refractivity contribution in [3.05, 3.63) is 121 Å². The molecule has 35 heavy (non-hydrogen) atoms. The largest absolute Gasteiger partial charge is 0.463 e. The van der Waals surface area contributed by atoms with Crippen LogP contribution in [0.25, 0.3) is 0 Å². The first-order chi connectivity index (χ1) is 16.4. The van der Waals surface area contributed by atoms with Crippen molar-refractivity contribution in [2.75, 3.05) is 13.2 Å². The molecule has 0 aromatic carbocycles. The highest BCUT2D eigenvalue weighted by Crippen LogP contribution is 2.28. The van der Waals surface area contributed by atoms with Crippen LogP contribution in [0.3, 0.4) is 0 Å². The second-order valence-electron chi connectivity index (χ2n) is 7.72. The second kappa shape index (κ2) is 16.5. The highest BCUT2D eigenvalue weighted by atomic mass is 19.2. The highest BCUT2D eigenvalue weighted by Gasteiger charge is 2.16. The van der Waals surface area contributed by atoms with E-state index in [2.05, 4.69) is 39.5 Å². The summed E-state index contributed by atoms with van der Waals surface area (Å²) in [5.74, 6) is -3.92. The minimum absolute atomic E-state index is 0.0736. The summed E-state index contributed by atoms with van der Waals surface area (Å²) in [7, 11) is 0. The summed E-state index contributed by atoms with van der Waals surface area (Å²) in [6.45, 7) is 29.9. The summed E-state index contributed by atoms with van der Waals surface area (Å²) in [6, 6.07) is 0. The molecule has 2 unspecified atom stereocenters. The van der Waals surface area contributed by atoms with Gasteiger partial charge in [0.05, 0.1) is 12.9 Å². The van der Waals surface area contributed by atoms with Crippen LogP contribution in [-0.2, 0) is 14.2 Å². The Bertz CT molecular complexity index is 948. The number of allylic oxidation sites excluding steroid dienone is 11. The summed E-state index contributed by atoms with van der Waals surface area (Å²) in [6.07, 6.45) is 7.15. The van der Waals surface area contributed by atoms with Crippen molar-refractivity contribution in [3.8, 4) is 0 Å². The minimum atomic E-state index is -1.29. The fourth-order valence-electron chi connectivity index (χ4n) is 2.29. The molecular formula is C29H37F3O3. The van der Waals surface area contributed by atoms with Gasteiger partial charge >= 0.3 is 0 Å². The molecule has 0 aliphatic rings. The third-order valence-corrected chi connectivity index (χ3v) is 4.67. The standard InChI is InChI=1S/C29H37F3O3/c1-11-15-33-25(9)29(32)28(31)24(8)20(4)14-13-19(3)21(5)17-27(30)23(7)22(6)18-35-26(10)34-16-12-2/h11,13-15,17,22,26H,3-5,7-9,12,16,18H2,1-2,6,10H3/b14-13-,15-11-,27-17+,29-28-. The molecule has 0 aromatic heterocycles. The van der Waals surface area contributed by atoms with Gasteiger partial charge in [-0.3, -0.25) is 0 Å². The van der Waals surface area contributed by atoms with E-state index in [-0.39, 0.29) is 34.8 Å². The van der Waals surface area contributed by atoms with Crippen molar-refractivity contribution < 1.29 is 27.4 Å². The Morgan fingerprint density at radius 1 is 0.857 bits per heavy atom. The first-order valence-corrected chi connectivity index (χ1v) is 11.1. The summed E-state index contributed by atoms with van der Waals surface area (Å²) < 4.78 is 58.9. The Labute approximate surface area is 208 Å². The molecule has 0 saturated carbocycles. The molecule has 0 aliphatic heterocycles. The van der Waals surface area contributed by atoms with E-state index < -0.39 is 29.5 Å². The normalized spacial score (nSPS) is 14.4. The van der Waals surface area contributed by atoms with Crippen LogP contribution in [0.15, 0.2) is 121 Å². The molecule has 3 nitrogen and oxygen atoms in total. The molecule has 0 spiro atoms. The summed E-state index contributed by atoms with van der Waals surface area (Å²) in [4.78, 5) is 0. The van der Waals surface area contributed by atoms with Gasteiger partial charge in [0.2, 0.25) is 5.83 Å². The van der Waals surface area contributed by atoms with Crippen LogP contribution in [0.1, 0.15) is 34.1 Å². The Hall–Kier alpha value is -3.09. The van der Waals surface area contributed by atoms with Gasteiger partial charge in [-0.15, -0.1) is 0 Å². The van der Waals surface area contributed by atoms with Gasteiger partial charge in [-0.05, 0) is 48.6 Å². The fourth-order valence-corrected chi connectivity index (χ4v) is 2.29. The maximum atomic E-state index is 14.7. The SMILES string of the molecule is C=C(/C=C\C(=C)C(=C)/C(F)=C(/F)C(=C)O/C=C\C)C(=C)/C=C(/F)C(=C)C(C)COC(C)OCCC. The Balaban J connectivity index is 5.08. The third-order valence-electron chi connectivity index (χ3n) is 4.67. The predicted molar refractivity (Wildman–Crippen MR) is 139 cm³/mol. The van der Waals surface area contributed by atoms with Crippen molar-refractivity contribution in [3.63, 3.8) is 0 Å². The highest BCUT2D eigenvalue weighted by molar-refractivity contribution is 5.52. The number of hydrogen-bond acceptors (Lipinski definition) is 3. The lowest BCUT2D eigenvalue weighted by atomic mass is 9.99. The zero-order chi connectivity index (χ0) is 27.1. The van der Waals surface area contributed by atoms with Gasteiger partial charge in [0, 0.05) is 18.1 Å². The zero-order valence-electron chi connectivity index (χ0n) is 21.3. The topological polar surface area (TPSA) is 27.7 Å². The summed E-state index contributed by atoms with van der Waals surface area (Å²) in [5.41, 5.74) is 0.610. The van der Waals surface area contributed by atoms with Crippen LogP contribution < -0.4 is 0 Å². The fraction of sp³-hybridized carbons (Fsp3) is 0.310. The van der Waals surface area contributed by atoms with Gasteiger partial charge in [0.25, 0.3) is 0 Å². The van der Waals surface area contributed by atoms with Crippen molar-refractivity contribution in [1.82, 2.24) is 0 Å². The van der Waals surface area contributed by atoms with Crippen LogP contribution in [-0.4, -0.2) is 19.5 Å². The maximum Gasteiger partial charge on any atom is 0.201 e. The third kappa shape index (κ3) is 11.7. The van der Waals surface area contributed by atoms with E-state index in [9.17, 15) is 13.2 Å². The monoisotopic (exact) mass is 490 g/mol. The molecule has 0 radical (unpaired) electrons. The molecule has 0 N–H and O–H groups in total. The Kier molecular flexibility index (Phi) is 15.1. The van der Waals surface area contributed by atoms with E-state index in [1.165, 1.54) is 30.6 Å². The Morgan fingerprint density at radius 3 is 2.03 bits per heavy atom. The molecule has 0 amide bonds.